The molecule has 1 atom stereocenters. The second-order valence-corrected chi connectivity index (χ2v) is 9.09. The first-order chi connectivity index (χ1) is 16.4. The number of nitrogens with zero attached hydrogens (tertiary/aromatic N) is 3. The van der Waals surface area contributed by atoms with E-state index in [1.165, 1.54) is 6.42 Å². The summed E-state index contributed by atoms with van der Waals surface area (Å²) in [5.74, 6) is 0.925. The van der Waals surface area contributed by atoms with Crippen LogP contribution in [0.15, 0.2) is 27.8 Å². The van der Waals surface area contributed by atoms with Crippen LogP contribution in [0.2, 0.25) is 0 Å². The molecule has 0 saturated carbocycles. The number of likely N-dealkylation sites (tertiary alicyclic amines) is 1. The van der Waals surface area contributed by atoms with Crippen molar-refractivity contribution in [3.63, 3.8) is 0 Å². The summed E-state index contributed by atoms with van der Waals surface area (Å²) >= 11 is 0. The second-order valence-electron chi connectivity index (χ2n) is 9.09. The van der Waals surface area contributed by atoms with Crippen molar-refractivity contribution in [2.24, 2.45) is 0 Å². The lowest BCUT2D eigenvalue weighted by Crippen LogP contribution is -2.53. The maximum absolute atomic E-state index is 12.9. The summed E-state index contributed by atoms with van der Waals surface area (Å²) in [5.41, 5.74) is 0.887. The zero-order valence-electron chi connectivity index (χ0n) is 20.1. The predicted octanol–water partition coefficient (Wildman–Crippen LogP) is 1.39. The normalized spacial score (nSPS) is 22.4. The molecule has 34 heavy (non-hydrogen) atoms. The third-order valence-electron chi connectivity index (χ3n) is 6.61. The summed E-state index contributed by atoms with van der Waals surface area (Å²) in [7, 11) is 0. The first-order valence-electron chi connectivity index (χ1n) is 12.2. The molecule has 3 aliphatic rings. The van der Waals surface area contributed by atoms with Gasteiger partial charge in [-0.3, -0.25) is 14.6 Å². The smallest absolute Gasteiger partial charge is 0.338 e. The van der Waals surface area contributed by atoms with E-state index in [1.807, 2.05) is 11.8 Å². The van der Waals surface area contributed by atoms with Gasteiger partial charge in [-0.15, -0.1) is 0 Å². The average Bonchev–Trinajstić information content (AvgIpc) is 3.27. The van der Waals surface area contributed by atoms with E-state index in [9.17, 15) is 14.4 Å². The lowest BCUT2D eigenvalue weighted by molar-refractivity contribution is -0.139. The Morgan fingerprint density at radius 1 is 1.06 bits per heavy atom. The molecule has 2 saturated heterocycles. The van der Waals surface area contributed by atoms with Crippen LogP contribution in [-0.4, -0.2) is 91.6 Å². The zero-order chi connectivity index (χ0) is 24.1. The first-order valence-corrected chi connectivity index (χ1v) is 12.2. The fraction of sp³-hybridized carbons (Fsp3) is 0.625. The van der Waals surface area contributed by atoms with Gasteiger partial charge in [0.2, 0.25) is 5.91 Å². The molecule has 1 aromatic rings. The van der Waals surface area contributed by atoms with Crippen molar-refractivity contribution in [1.29, 1.82) is 0 Å². The molecular weight excluding hydrogens is 438 g/mol. The zero-order valence-corrected chi connectivity index (χ0v) is 20.1. The Bertz CT molecular complexity index is 928. The number of carbonyl (C=O) groups is 3. The molecule has 0 spiro atoms. The topological polar surface area (TPSA) is 107 Å². The minimum absolute atomic E-state index is 0.211. The number of hydrogen-bond acceptors (Lipinski definition) is 7. The quantitative estimate of drug-likeness (QED) is 0.576. The minimum Gasteiger partial charge on any atom is -0.464 e. The van der Waals surface area contributed by atoms with Crippen LogP contribution in [0.3, 0.4) is 0 Å². The average molecular weight is 474 g/mol. The number of rotatable bonds is 7. The SMILES string of the molecule is CCOC(=O)C1=C(CN2CCN(CC(=O)N3CCCCC3)CC2)NC(=O)N[C@@H]1c1ccc(C)o1. The Kier molecular flexibility index (Phi) is 7.89. The molecule has 10 nitrogen and oxygen atoms in total. The highest BCUT2D eigenvalue weighted by molar-refractivity contribution is 5.95. The molecule has 1 aromatic heterocycles. The molecule has 0 unspecified atom stereocenters. The maximum Gasteiger partial charge on any atom is 0.338 e. The molecule has 0 aromatic carbocycles. The van der Waals surface area contributed by atoms with Crippen molar-refractivity contribution in [2.75, 3.05) is 59.0 Å². The lowest BCUT2D eigenvalue weighted by Gasteiger charge is -2.37. The summed E-state index contributed by atoms with van der Waals surface area (Å²) in [6.45, 7) is 9.39. The Balaban J connectivity index is 1.42. The number of urea groups is 1. The highest BCUT2D eigenvalue weighted by Crippen LogP contribution is 2.29. The standard InChI is InChI=1S/C24H35N5O5/c1-3-33-23(31)21-18(25-24(32)26-22(21)19-8-7-17(2)34-19)15-27-11-13-28(14-12-27)16-20(30)29-9-5-4-6-10-29/h7-8,22H,3-6,9-16H2,1-2H3,(H2,25,26,32)/t22-/m1/s1. The van der Waals surface area contributed by atoms with E-state index in [0.717, 1.165) is 52.1 Å². The van der Waals surface area contributed by atoms with Crippen LogP contribution in [0.4, 0.5) is 4.79 Å². The number of hydrogen-bond donors (Lipinski definition) is 2. The number of ether oxygens (including phenoxy) is 1. The van der Waals surface area contributed by atoms with Gasteiger partial charge in [-0.2, -0.15) is 0 Å². The summed E-state index contributed by atoms with van der Waals surface area (Å²) < 4.78 is 11.0. The van der Waals surface area contributed by atoms with E-state index in [4.69, 9.17) is 9.15 Å². The van der Waals surface area contributed by atoms with Gasteiger partial charge in [0.15, 0.2) is 0 Å². The number of furan rings is 1. The van der Waals surface area contributed by atoms with Crippen molar-refractivity contribution in [3.8, 4) is 0 Å². The molecular formula is C24H35N5O5. The summed E-state index contributed by atoms with van der Waals surface area (Å²) in [5, 5.41) is 5.61. The number of carbonyl (C=O) groups excluding carboxylic acids is 3. The van der Waals surface area contributed by atoms with Gasteiger partial charge in [-0.05, 0) is 45.2 Å². The van der Waals surface area contributed by atoms with E-state index < -0.39 is 12.0 Å². The maximum atomic E-state index is 12.9. The van der Waals surface area contributed by atoms with Crippen LogP contribution in [-0.2, 0) is 14.3 Å². The second kappa shape index (κ2) is 11.1. The van der Waals surface area contributed by atoms with Crippen LogP contribution >= 0.6 is 0 Å². The Morgan fingerprint density at radius 3 is 2.41 bits per heavy atom. The van der Waals surface area contributed by atoms with Crippen molar-refractivity contribution in [1.82, 2.24) is 25.3 Å². The molecule has 4 rings (SSSR count). The third kappa shape index (κ3) is 5.79. The van der Waals surface area contributed by atoms with Crippen LogP contribution in [0.5, 0.6) is 0 Å². The molecule has 0 bridgehead atoms. The molecule has 186 valence electrons. The molecule has 10 heteroatoms. The van der Waals surface area contributed by atoms with E-state index in [1.54, 1.807) is 19.1 Å². The number of amides is 3. The molecule has 0 radical (unpaired) electrons. The summed E-state index contributed by atoms with van der Waals surface area (Å²) in [6.07, 6.45) is 3.39. The van der Waals surface area contributed by atoms with E-state index in [0.29, 0.717) is 35.9 Å². The van der Waals surface area contributed by atoms with Crippen LogP contribution < -0.4 is 10.6 Å². The minimum atomic E-state index is -0.708. The Hall–Kier alpha value is -2.85. The van der Waals surface area contributed by atoms with Gasteiger partial charge in [0.25, 0.3) is 0 Å². The first kappa shape index (κ1) is 24.3. The van der Waals surface area contributed by atoms with Gasteiger partial charge in [-0.25, -0.2) is 9.59 Å². The molecule has 3 aliphatic heterocycles. The highest BCUT2D eigenvalue weighted by Gasteiger charge is 2.36. The fourth-order valence-corrected chi connectivity index (χ4v) is 4.78. The number of nitrogens with one attached hydrogen (secondary N) is 2. The molecule has 4 heterocycles. The fourth-order valence-electron chi connectivity index (χ4n) is 4.78. The molecule has 3 amide bonds. The van der Waals surface area contributed by atoms with Crippen LogP contribution in [0, 0.1) is 6.92 Å². The van der Waals surface area contributed by atoms with E-state index in [-0.39, 0.29) is 18.5 Å². The van der Waals surface area contributed by atoms with Gasteiger partial charge < -0.3 is 24.7 Å². The van der Waals surface area contributed by atoms with E-state index >= 15 is 0 Å². The third-order valence-corrected chi connectivity index (χ3v) is 6.61. The van der Waals surface area contributed by atoms with E-state index in [2.05, 4.69) is 20.4 Å². The van der Waals surface area contributed by atoms with Gasteiger partial charge in [0.05, 0.1) is 18.7 Å². The van der Waals surface area contributed by atoms with Crippen molar-refractivity contribution in [2.45, 2.75) is 39.2 Å². The summed E-state index contributed by atoms with van der Waals surface area (Å²) in [6, 6.07) is 2.48. The van der Waals surface area contributed by atoms with Gasteiger partial charge in [-0.1, -0.05) is 0 Å². The predicted molar refractivity (Wildman–Crippen MR) is 125 cm³/mol. The van der Waals surface area contributed by atoms with Gasteiger partial charge in [0.1, 0.15) is 17.6 Å². The molecule has 2 N–H and O–H groups in total. The van der Waals surface area contributed by atoms with Crippen LogP contribution in [0.1, 0.15) is 43.7 Å². The van der Waals surface area contributed by atoms with Crippen molar-refractivity contribution >= 4 is 17.9 Å². The number of piperazine rings is 1. The lowest BCUT2D eigenvalue weighted by atomic mass is 9.99. The Morgan fingerprint density at radius 2 is 1.76 bits per heavy atom. The number of piperidine rings is 1. The highest BCUT2D eigenvalue weighted by atomic mass is 16.5. The monoisotopic (exact) mass is 473 g/mol. The van der Waals surface area contributed by atoms with Crippen molar-refractivity contribution in [3.05, 3.63) is 34.9 Å². The van der Waals surface area contributed by atoms with Gasteiger partial charge in [0, 0.05) is 51.5 Å². The van der Waals surface area contributed by atoms with Crippen molar-refractivity contribution < 1.29 is 23.5 Å². The summed E-state index contributed by atoms with van der Waals surface area (Å²) in [4.78, 5) is 44.3. The largest absolute Gasteiger partial charge is 0.464 e. The number of aryl methyl sites for hydroxylation is 1. The van der Waals surface area contributed by atoms with Gasteiger partial charge >= 0.3 is 12.0 Å². The van der Waals surface area contributed by atoms with Crippen LogP contribution in [0.25, 0.3) is 0 Å². The molecule has 2 fully saturated rings. The molecule has 0 aliphatic carbocycles. The number of esters is 1. The Labute approximate surface area is 200 Å².